The van der Waals surface area contributed by atoms with Gasteiger partial charge in [-0.1, -0.05) is 47.4 Å². The first kappa shape index (κ1) is 18.5. The maximum atomic E-state index is 12.3. The van der Waals surface area contributed by atoms with Crippen LogP contribution in [0.15, 0.2) is 57.7 Å². The average Bonchev–Trinajstić information content (AvgIpc) is 3.15. The number of hydrogen-bond donors (Lipinski definition) is 2. The molecule has 142 valence electrons. The Morgan fingerprint density at radius 2 is 1.93 bits per heavy atom. The van der Waals surface area contributed by atoms with Crippen LogP contribution < -0.4 is 15.6 Å². The van der Waals surface area contributed by atoms with E-state index in [1.54, 1.807) is 13.2 Å². The molecule has 2 aromatic carbocycles. The van der Waals surface area contributed by atoms with E-state index in [1.165, 1.54) is 23.1 Å². The first-order valence-corrected chi connectivity index (χ1v) is 10.2. The molecule has 0 aliphatic heterocycles. The highest BCUT2D eigenvalue weighted by Gasteiger charge is 2.16. The first-order valence-electron chi connectivity index (χ1n) is 8.53. The number of thioether (sulfide) groups is 1. The van der Waals surface area contributed by atoms with Crippen LogP contribution in [0.5, 0.6) is 5.75 Å². The Bertz CT molecular complexity index is 1170. The molecule has 0 bridgehead atoms. The van der Waals surface area contributed by atoms with Gasteiger partial charge in [0.05, 0.1) is 29.0 Å². The third-order valence-corrected chi connectivity index (χ3v) is 6.08. The van der Waals surface area contributed by atoms with Crippen LogP contribution in [-0.4, -0.2) is 27.3 Å². The smallest absolute Gasteiger partial charge is 0.258 e. The van der Waals surface area contributed by atoms with Crippen molar-refractivity contribution in [3.05, 3.63) is 64.7 Å². The normalized spacial score (nSPS) is 12.1. The molecule has 0 aliphatic carbocycles. The van der Waals surface area contributed by atoms with Crippen molar-refractivity contribution >= 4 is 44.8 Å². The topological polar surface area (TPSA) is 92.8 Å². The van der Waals surface area contributed by atoms with Gasteiger partial charge in [0.25, 0.3) is 5.56 Å². The van der Waals surface area contributed by atoms with Crippen molar-refractivity contribution in [2.75, 3.05) is 12.4 Å². The van der Waals surface area contributed by atoms with Crippen molar-refractivity contribution in [1.82, 2.24) is 20.2 Å². The number of nitrogens with one attached hydrogen (secondary N) is 2. The molecular formula is C19H17N5O2S2. The maximum Gasteiger partial charge on any atom is 0.258 e. The highest BCUT2D eigenvalue weighted by molar-refractivity contribution is 8.01. The van der Waals surface area contributed by atoms with E-state index in [0.29, 0.717) is 21.9 Å². The zero-order valence-electron chi connectivity index (χ0n) is 15.2. The number of aromatic nitrogens is 4. The van der Waals surface area contributed by atoms with Crippen LogP contribution in [0.3, 0.4) is 0 Å². The second kappa shape index (κ2) is 7.99. The number of ether oxygens (including phenoxy) is 1. The molecular weight excluding hydrogens is 394 g/mol. The minimum atomic E-state index is -0.135. The maximum absolute atomic E-state index is 12.3. The Morgan fingerprint density at radius 3 is 2.79 bits per heavy atom. The van der Waals surface area contributed by atoms with Crippen LogP contribution >= 0.6 is 23.1 Å². The molecule has 2 heterocycles. The molecule has 9 heteroatoms. The Morgan fingerprint density at radius 1 is 1.14 bits per heavy atom. The van der Waals surface area contributed by atoms with Crippen molar-refractivity contribution < 1.29 is 4.74 Å². The molecule has 0 spiro atoms. The van der Waals surface area contributed by atoms with Gasteiger partial charge in [-0.3, -0.25) is 4.79 Å². The van der Waals surface area contributed by atoms with Crippen LogP contribution in [0.2, 0.25) is 0 Å². The van der Waals surface area contributed by atoms with Crippen molar-refractivity contribution in [2.45, 2.75) is 16.5 Å². The molecule has 0 radical (unpaired) electrons. The van der Waals surface area contributed by atoms with Crippen LogP contribution in [0.4, 0.5) is 10.8 Å². The number of rotatable bonds is 6. The molecule has 7 nitrogen and oxygen atoms in total. The summed E-state index contributed by atoms with van der Waals surface area (Å²) in [7, 11) is 1.63. The van der Waals surface area contributed by atoms with Crippen molar-refractivity contribution in [3.63, 3.8) is 0 Å². The molecule has 4 aromatic rings. The van der Waals surface area contributed by atoms with Gasteiger partial charge in [0, 0.05) is 0 Å². The quantitative estimate of drug-likeness (QED) is 0.455. The number of methoxy groups -OCH3 is 1. The van der Waals surface area contributed by atoms with Crippen LogP contribution in [0, 0.1) is 0 Å². The number of aromatic amines is 1. The summed E-state index contributed by atoms with van der Waals surface area (Å²) in [4.78, 5) is 19.7. The summed E-state index contributed by atoms with van der Waals surface area (Å²) in [6.07, 6.45) is 0. The van der Waals surface area contributed by atoms with Gasteiger partial charge >= 0.3 is 0 Å². The molecule has 0 fully saturated rings. The van der Waals surface area contributed by atoms with E-state index in [1.807, 2.05) is 49.4 Å². The van der Waals surface area contributed by atoms with Gasteiger partial charge in [0.2, 0.25) is 5.13 Å². The Labute approximate surface area is 169 Å². The van der Waals surface area contributed by atoms with Gasteiger partial charge in [-0.15, -0.1) is 10.2 Å². The molecule has 1 unspecified atom stereocenters. The molecule has 0 saturated heterocycles. The van der Waals surface area contributed by atoms with Gasteiger partial charge in [-0.25, -0.2) is 4.98 Å². The fourth-order valence-corrected chi connectivity index (χ4v) is 4.64. The van der Waals surface area contributed by atoms with E-state index in [2.05, 4.69) is 25.5 Å². The van der Waals surface area contributed by atoms with E-state index in [9.17, 15) is 4.79 Å². The lowest BCUT2D eigenvalue weighted by Crippen LogP contribution is -2.12. The van der Waals surface area contributed by atoms with Crippen molar-refractivity contribution in [3.8, 4) is 5.75 Å². The van der Waals surface area contributed by atoms with Crippen LogP contribution in [-0.2, 0) is 0 Å². The first-order chi connectivity index (χ1) is 13.6. The monoisotopic (exact) mass is 411 g/mol. The summed E-state index contributed by atoms with van der Waals surface area (Å²) >= 11 is 2.93. The number of fused-ring (bicyclic) bond motifs is 1. The molecule has 0 saturated carbocycles. The molecule has 0 aliphatic rings. The standard InChI is InChI=1S/C19H17N5O2S2/c1-11(16-20-13-8-4-3-7-12(13)17(25)22-16)27-19-24-23-18(28-19)21-14-9-5-6-10-15(14)26-2/h3-11H,1-2H3,(H,21,23)(H,20,22,25). The van der Waals surface area contributed by atoms with Crippen LogP contribution in [0.25, 0.3) is 10.9 Å². The van der Waals surface area contributed by atoms with Gasteiger partial charge in [-0.2, -0.15) is 0 Å². The molecule has 0 amide bonds. The van der Waals surface area contributed by atoms with Gasteiger partial charge in [0.1, 0.15) is 11.6 Å². The van der Waals surface area contributed by atoms with Gasteiger partial charge < -0.3 is 15.0 Å². The lowest BCUT2D eigenvalue weighted by Gasteiger charge is -2.09. The molecule has 2 N–H and O–H groups in total. The summed E-state index contributed by atoms with van der Waals surface area (Å²) in [5, 5.41) is 12.8. The van der Waals surface area contributed by atoms with Gasteiger partial charge in [0.15, 0.2) is 4.34 Å². The minimum Gasteiger partial charge on any atom is -0.495 e. The molecule has 1 atom stereocenters. The number of anilines is 2. The van der Waals surface area contributed by atoms with E-state index in [0.717, 1.165) is 15.8 Å². The Hall–Kier alpha value is -2.91. The predicted molar refractivity (Wildman–Crippen MR) is 113 cm³/mol. The summed E-state index contributed by atoms with van der Waals surface area (Å²) in [6, 6.07) is 14.9. The summed E-state index contributed by atoms with van der Waals surface area (Å²) in [5.74, 6) is 1.35. The van der Waals surface area contributed by atoms with Crippen molar-refractivity contribution in [1.29, 1.82) is 0 Å². The Balaban J connectivity index is 1.51. The predicted octanol–water partition coefficient (Wildman–Crippen LogP) is 4.38. The van der Waals surface area contributed by atoms with E-state index in [-0.39, 0.29) is 10.8 Å². The highest BCUT2D eigenvalue weighted by Crippen LogP contribution is 2.37. The largest absolute Gasteiger partial charge is 0.495 e. The minimum absolute atomic E-state index is 0.0793. The van der Waals surface area contributed by atoms with Crippen molar-refractivity contribution in [2.24, 2.45) is 0 Å². The Kier molecular flexibility index (Phi) is 5.27. The van der Waals surface area contributed by atoms with Crippen LogP contribution in [0.1, 0.15) is 18.0 Å². The zero-order chi connectivity index (χ0) is 19.5. The zero-order valence-corrected chi connectivity index (χ0v) is 16.8. The van der Waals surface area contributed by atoms with E-state index < -0.39 is 0 Å². The number of H-pyrrole nitrogens is 1. The molecule has 28 heavy (non-hydrogen) atoms. The molecule has 4 rings (SSSR count). The third-order valence-electron chi connectivity index (χ3n) is 4.05. The third kappa shape index (κ3) is 3.85. The number of para-hydroxylation sites is 3. The number of nitrogens with zero attached hydrogens (tertiary/aromatic N) is 3. The summed E-state index contributed by atoms with van der Waals surface area (Å²) in [6.45, 7) is 1.98. The highest BCUT2D eigenvalue weighted by atomic mass is 32.2. The van der Waals surface area contributed by atoms with Gasteiger partial charge in [-0.05, 0) is 31.2 Å². The lowest BCUT2D eigenvalue weighted by atomic mass is 10.2. The number of hydrogen-bond acceptors (Lipinski definition) is 8. The average molecular weight is 412 g/mol. The number of benzene rings is 2. The lowest BCUT2D eigenvalue weighted by molar-refractivity contribution is 0.417. The summed E-state index contributed by atoms with van der Waals surface area (Å²) in [5.41, 5.74) is 1.37. The summed E-state index contributed by atoms with van der Waals surface area (Å²) < 4.78 is 6.12. The second-order valence-corrected chi connectivity index (χ2v) is 8.49. The molecule has 2 aromatic heterocycles. The fourth-order valence-electron chi connectivity index (χ4n) is 2.68. The van der Waals surface area contributed by atoms with E-state index in [4.69, 9.17) is 4.74 Å². The fraction of sp³-hybridized carbons (Fsp3) is 0.158. The SMILES string of the molecule is COc1ccccc1Nc1nnc(SC(C)c2nc3ccccc3c(=O)[nH]2)s1. The van der Waals surface area contributed by atoms with E-state index >= 15 is 0 Å². The second-order valence-electron chi connectivity index (χ2n) is 5.93.